The number of hydrogen-bond acceptors (Lipinski definition) is 2. The van der Waals surface area contributed by atoms with E-state index in [0.29, 0.717) is 11.1 Å². The Morgan fingerprint density at radius 1 is 0.773 bits per heavy atom. The number of fused-ring (bicyclic) bond motifs is 1. The summed E-state index contributed by atoms with van der Waals surface area (Å²) < 4.78 is 0. The molecule has 0 bridgehead atoms. The van der Waals surface area contributed by atoms with E-state index in [1.54, 1.807) is 30.3 Å². The van der Waals surface area contributed by atoms with E-state index in [2.05, 4.69) is 19.9 Å². The summed E-state index contributed by atoms with van der Waals surface area (Å²) in [7, 11) is 0. The molecule has 0 saturated carbocycles. The first-order chi connectivity index (χ1) is 10.4. The van der Waals surface area contributed by atoms with Gasteiger partial charge in [0.25, 0.3) is 0 Å². The van der Waals surface area contributed by atoms with Crippen LogP contribution in [0.5, 0.6) is 0 Å². The van der Waals surface area contributed by atoms with Gasteiger partial charge in [-0.25, -0.2) is 0 Å². The van der Waals surface area contributed by atoms with Crippen molar-refractivity contribution in [2.75, 3.05) is 0 Å². The minimum atomic E-state index is -0.169. The fraction of sp³-hybridized carbons (Fsp3) is 0.200. The van der Waals surface area contributed by atoms with Crippen molar-refractivity contribution in [1.82, 2.24) is 0 Å². The average molecular weight is 290 g/mol. The van der Waals surface area contributed by atoms with Crippen molar-refractivity contribution in [3.63, 3.8) is 0 Å². The smallest absolute Gasteiger partial charge is 0.197 e. The van der Waals surface area contributed by atoms with Crippen LogP contribution in [-0.4, -0.2) is 11.6 Å². The maximum Gasteiger partial charge on any atom is 0.197 e. The van der Waals surface area contributed by atoms with Gasteiger partial charge in [-0.2, -0.15) is 0 Å². The summed E-state index contributed by atoms with van der Waals surface area (Å²) in [5.41, 5.74) is 6.92. The van der Waals surface area contributed by atoms with Crippen LogP contribution < -0.4 is 0 Å². The van der Waals surface area contributed by atoms with Crippen molar-refractivity contribution in [2.45, 2.75) is 27.7 Å². The van der Waals surface area contributed by atoms with Gasteiger partial charge >= 0.3 is 0 Å². The summed E-state index contributed by atoms with van der Waals surface area (Å²) in [6, 6.07) is 9.12. The lowest BCUT2D eigenvalue weighted by molar-refractivity contribution is 0.0990. The van der Waals surface area contributed by atoms with Crippen LogP contribution in [0.4, 0.5) is 0 Å². The van der Waals surface area contributed by atoms with Crippen LogP contribution in [0.15, 0.2) is 35.9 Å². The van der Waals surface area contributed by atoms with E-state index in [0.717, 1.165) is 16.7 Å². The number of benzene rings is 2. The Kier molecular flexibility index (Phi) is 3.32. The molecule has 0 spiro atoms. The molecule has 0 atom stereocenters. The van der Waals surface area contributed by atoms with Crippen molar-refractivity contribution in [3.8, 4) is 0 Å². The third-order valence-corrected chi connectivity index (χ3v) is 4.61. The highest BCUT2D eigenvalue weighted by Crippen LogP contribution is 2.30. The zero-order valence-corrected chi connectivity index (χ0v) is 13.3. The molecule has 1 aliphatic rings. The summed E-state index contributed by atoms with van der Waals surface area (Å²) in [6.45, 7) is 8.20. The van der Waals surface area contributed by atoms with Crippen LogP contribution in [0.3, 0.4) is 0 Å². The second kappa shape index (κ2) is 5.06. The van der Waals surface area contributed by atoms with Gasteiger partial charge in [0.15, 0.2) is 11.6 Å². The Balaban J connectivity index is 2.19. The predicted octanol–water partition coefficient (Wildman–Crippen LogP) is 4.38. The van der Waals surface area contributed by atoms with Crippen LogP contribution in [-0.2, 0) is 0 Å². The van der Waals surface area contributed by atoms with Crippen LogP contribution >= 0.6 is 0 Å². The van der Waals surface area contributed by atoms with Crippen LogP contribution in [0, 0.1) is 27.7 Å². The second-order valence-electron chi connectivity index (χ2n) is 5.94. The largest absolute Gasteiger partial charge is 0.288 e. The number of carbonyl (C=O) groups is 2. The monoisotopic (exact) mass is 290 g/mol. The standard InChI is InChI=1S/C20H18O2/c1-11-9-12(2)17(14(4)13(11)3)10-18-19(21)15-7-5-6-8-16(15)20(18)22/h5-10H,1-4H3. The lowest BCUT2D eigenvalue weighted by Gasteiger charge is -2.12. The molecule has 0 heterocycles. The maximum atomic E-state index is 12.5. The zero-order chi connectivity index (χ0) is 16.0. The maximum absolute atomic E-state index is 12.5. The molecule has 1 aliphatic carbocycles. The first kappa shape index (κ1) is 14.5. The number of Topliss-reactive ketones (excluding diaryl/α,β-unsaturated/α-hetero) is 2. The highest BCUT2D eigenvalue weighted by atomic mass is 16.2. The van der Waals surface area contributed by atoms with Gasteiger partial charge in [0, 0.05) is 11.1 Å². The van der Waals surface area contributed by atoms with E-state index in [1.807, 2.05) is 13.8 Å². The van der Waals surface area contributed by atoms with Crippen LogP contribution in [0.1, 0.15) is 48.5 Å². The lowest BCUT2D eigenvalue weighted by Crippen LogP contribution is -2.02. The first-order valence-corrected chi connectivity index (χ1v) is 7.39. The second-order valence-corrected chi connectivity index (χ2v) is 5.94. The Bertz CT molecular complexity index is 817. The summed E-state index contributed by atoms with van der Waals surface area (Å²) in [5.74, 6) is -0.338. The molecule has 0 N–H and O–H groups in total. The van der Waals surface area contributed by atoms with Crippen LogP contribution in [0.2, 0.25) is 0 Å². The number of carbonyl (C=O) groups excluding carboxylic acids is 2. The van der Waals surface area contributed by atoms with Gasteiger partial charge in [-0.05, 0) is 61.6 Å². The topological polar surface area (TPSA) is 34.1 Å². The number of aryl methyl sites for hydroxylation is 2. The van der Waals surface area contributed by atoms with Gasteiger partial charge < -0.3 is 0 Å². The van der Waals surface area contributed by atoms with Crippen molar-refractivity contribution >= 4 is 17.6 Å². The van der Waals surface area contributed by atoms with Gasteiger partial charge in [-0.1, -0.05) is 30.3 Å². The molecular weight excluding hydrogens is 272 g/mol. The van der Waals surface area contributed by atoms with E-state index < -0.39 is 0 Å². The molecule has 0 aromatic heterocycles. The minimum absolute atomic E-state index is 0.169. The summed E-state index contributed by atoms with van der Waals surface area (Å²) >= 11 is 0. The van der Waals surface area contributed by atoms with Crippen molar-refractivity contribution in [2.24, 2.45) is 0 Å². The summed E-state index contributed by atoms with van der Waals surface area (Å²) in [6.07, 6.45) is 1.77. The molecular formula is C20H18O2. The number of hydrogen-bond donors (Lipinski definition) is 0. The number of allylic oxidation sites excluding steroid dienone is 1. The number of ketones is 2. The molecule has 3 rings (SSSR count). The Morgan fingerprint density at radius 3 is 1.86 bits per heavy atom. The fourth-order valence-electron chi connectivity index (χ4n) is 3.07. The Morgan fingerprint density at radius 2 is 1.32 bits per heavy atom. The Hall–Kier alpha value is -2.48. The molecule has 0 saturated heterocycles. The van der Waals surface area contributed by atoms with Crippen molar-refractivity contribution < 1.29 is 9.59 Å². The number of rotatable bonds is 1. The molecule has 22 heavy (non-hydrogen) atoms. The van der Waals surface area contributed by atoms with Gasteiger partial charge in [-0.3, -0.25) is 9.59 Å². The molecule has 0 unspecified atom stereocenters. The predicted molar refractivity (Wildman–Crippen MR) is 88.5 cm³/mol. The average Bonchev–Trinajstić information content (AvgIpc) is 2.74. The summed E-state index contributed by atoms with van der Waals surface area (Å²) in [4.78, 5) is 25.0. The lowest BCUT2D eigenvalue weighted by atomic mass is 9.92. The van der Waals surface area contributed by atoms with Gasteiger partial charge in [-0.15, -0.1) is 0 Å². The van der Waals surface area contributed by atoms with E-state index >= 15 is 0 Å². The third-order valence-electron chi connectivity index (χ3n) is 4.61. The van der Waals surface area contributed by atoms with Gasteiger partial charge in [0.2, 0.25) is 0 Å². The normalized spacial score (nSPS) is 13.5. The van der Waals surface area contributed by atoms with Crippen molar-refractivity contribution in [1.29, 1.82) is 0 Å². The molecule has 0 radical (unpaired) electrons. The zero-order valence-electron chi connectivity index (χ0n) is 13.3. The summed E-state index contributed by atoms with van der Waals surface area (Å²) in [5, 5.41) is 0. The van der Waals surface area contributed by atoms with E-state index in [-0.39, 0.29) is 17.1 Å². The molecule has 2 aromatic rings. The molecule has 0 aliphatic heterocycles. The van der Waals surface area contributed by atoms with Crippen molar-refractivity contribution in [3.05, 3.63) is 74.8 Å². The Labute approximate surface area is 130 Å². The molecule has 0 amide bonds. The SMILES string of the molecule is Cc1cc(C)c(C=C2C(=O)c3ccccc3C2=O)c(C)c1C. The van der Waals surface area contributed by atoms with E-state index in [4.69, 9.17) is 0 Å². The molecule has 2 nitrogen and oxygen atoms in total. The molecule has 2 heteroatoms. The molecule has 2 aromatic carbocycles. The highest BCUT2D eigenvalue weighted by Gasteiger charge is 2.32. The van der Waals surface area contributed by atoms with E-state index in [9.17, 15) is 9.59 Å². The fourth-order valence-corrected chi connectivity index (χ4v) is 3.07. The van der Waals surface area contributed by atoms with Gasteiger partial charge in [0.05, 0.1) is 5.57 Å². The quantitative estimate of drug-likeness (QED) is 0.577. The first-order valence-electron chi connectivity index (χ1n) is 7.39. The van der Waals surface area contributed by atoms with Gasteiger partial charge in [0.1, 0.15) is 0 Å². The van der Waals surface area contributed by atoms with E-state index in [1.165, 1.54) is 11.1 Å². The molecule has 0 fully saturated rings. The third kappa shape index (κ3) is 2.03. The highest BCUT2D eigenvalue weighted by molar-refractivity contribution is 6.41. The molecule has 110 valence electrons. The van der Waals surface area contributed by atoms with Crippen LogP contribution in [0.25, 0.3) is 6.08 Å². The minimum Gasteiger partial charge on any atom is -0.288 e.